The van der Waals surface area contributed by atoms with E-state index in [9.17, 15) is 0 Å². The predicted molar refractivity (Wildman–Crippen MR) is 98.9 cm³/mol. The third kappa shape index (κ3) is 6.87. The van der Waals surface area contributed by atoms with Gasteiger partial charge in [0.25, 0.3) is 0 Å². The second kappa shape index (κ2) is 10.6. The third-order valence-electron chi connectivity index (χ3n) is 3.39. The Morgan fingerprint density at radius 3 is 2.74 bits per heavy atom. The highest BCUT2D eigenvalue weighted by Gasteiger charge is 2.14. The maximum absolute atomic E-state index is 5.98. The van der Waals surface area contributed by atoms with Crippen molar-refractivity contribution in [3.63, 3.8) is 0 Å². The van der Waals surface area contributed by atoms with E-state index in [1.165, 1.54) is 0 Å². The minimum absolute atomic E-state index is 0.00493. The maximum atomic E-state index is 5.98. The lowest BCUT2D eigenvalue weighted by molar-refractivity contribution is 0.0458. The number of hydrogen-bond donors (Lipinski definition) is 0. The third-order valence-corrected chi connectivity index (χ3v) is 3.95. The van der Waals surface area contributed by atoms with Crippen molar-refractivity contribution in [2.24, 2.45) is 4.99 Å². The Morgan fingerprint density at radius 1 is 1.39 bits per heavy atom. The first-order valence-electron chi connectivity index (χ1n) is 8.17. The van der Waals surface area contributed by atoms with Gasteiger partial charge >= 0.3 is 0 Å². The average molecular weight is 386 g/mol. The average Bonchev–Trinajstić information content (AvgIpc) is 2.55. The van der Waals surface area contributed by atoms with Gasteiger partial charge in [-0.1, -0.05) is 13.8 Å². The first-order valence-corrected chi connectivity index (χ1v) is 8.96. The molecule has 1 aromatic rings. The Labute approximate surface area is 148 Å². The Hall–Kier alpha value is -1.14. The van der Waals surface area contributed by atoms with E-state index in [4.69, 9.17) is 9.47 Å². The van der Waals surface area contributed by atoms with Crippen LogP contribution in [0.4, 0.5) is 5.69 Å². The Bertz CT molecular complexity index is 509. The normalized spacial score (nSPS) is 12.6. The summed E-state index contributed by atoms with van der Waals surface area (Å²) in [6.07, 6.45) is 3.70. The summed E-state index contributed by atoms with van der Waals surface area (Å²) in [5.74, 6) is 0.595. The van der Waals surface area contributed by atoms with Gasteiger partial charge in [0, 0.05) is 20.2 Å². The summed E-state index contributed by atoms with van der Waals surface area (Å²) in [4.78, 5) is 11.0. The SMILES string of the molecule is CCCOCC(CC)Oc1nc(C)c(N=CN(C)CC)cc1Br. The van der Waals surface area contributed by atoms with E-state index in [1.54, 1.807) is 0 Å². The van der Waals surface area contributed by atoms with E-state index in [1.807, 2.05) is 31.3 Å². The number of pyridine rings is 1. The van der Waals surface area contributed by atoms with Crippen LogP contribution in [0.25, 0.3) is 0 Å². The zero-order valence-corrected chi connectivity index (χ0v) is 16.4. The summed E-state index contributed by atoms with van der Waals surface area (Å²) in [6.45, 7) is 10.4. The summed E-state index contributed by atoms with van der Waals surface area (Å²) in [5.41, 5.74) is 1.67. The van der Waals surface area contributed by atoms with Gasteiger partial charge < -0.3 is 14.4 Å². The van der Waals surface area contributed by atoms with Crippen molar-refractivity contribution >= 4 is 28.0 Å². The molecule has 0 N–H and O–H groups in total. The van der Waals surface area contributed by atoms with Crippen molar-refractivity contribution in [2.45, 2.75) is 46.6 Å². The summed E-state index contributed by atoms with van der Waals surface area (Å²) in [5, 5.41) is 0. The van der Waals surface area contributed by atoms with Crippen molar-refractivity contribution in [1.82, 2.24) is 9.88 Å². The fraction of sp³-hybridized carbons (Fsp3) is 0.647. The molecule has 0 fully saturated rings. The molecule has 1 rings (SSSR count). The van der Waals surface area contributed by atoms with Crippen LogP contribution in [0.3, 0.4) is 0 Å². The van der Waals surface area contributed by atoms with E-state index < -0.39 is 0 Å². The van der Waals surface area contributed by atoms with Crippen LogP contribution in [0.5, 0.6) is 5.88 Å². The highest BCUT2D eigenvalue weighted by Crippen LogP contribution is 2.30. The minimum atomic E-state index is 0.00493. The molecule has 1 unspecified atom stereocenters. The highest BCUT2D eigenvalue weighted by molar-refractivity contribution is 9.10. The van der Waals surface area contributed by atoms with Crippen LogP contribution < -0.4 is 4.74 Å². The van der Waals surface area contributed by atoms with Crippen molar-refractivity contribution in [3.8, 4) is 5.88 Å². The molecule has 1 heterocycles. The number of ether oxygens (including phenoxy) is 2. The number of aliphatic imine (C=N–C) groups is 1. The van der Waals surface area contributed by atoms with Crippen molar-refractivity contribution in [1.29, 1.82) is 0 Å². The molecule has 0 bridgehead atoms. The van der Waals surface area contributed by atoms with Gasteiger partial charge in [-0.15, -0.1) is 0 Å². The lowest BCUT2D eigenvalue weighted by Crippen LogP contribution is -2.23. The van der Waals surface area contributed by atoms with E-state index in [0.717, 1.165) is 41.8 Å². The van der Waals surface area contributed by atoms with E-state index in [0.29, 0.717) is 12.5 Å². The van der Waals surface area contributed by atoms with Gasteiger partial charge in [0.2, 0.25) is 5.88 Å². The zero-order chi connectivity index (χ0) is 17.2. The van der Waals surface area contributed by atoms with Crippen LogP contribution in [0.2, 0.25) is 0 Å². The zero-order valence-electron chi connectivity index (χ0n) is 14.8. The van der Waals surface area contributed by atoms with Crippen LogP contribution in [-0.4, -0.2) is 49.1 Å². The molecule has 1 atom stereocenters. The number of halogens is 1. The smallest absolute Gasteiger partial charge is 0.228 e. The molecule has 0 aliphatic carbocycles. The second-order valence-corrected chi connectivity index (χ2v) is 6.28. The summed E-state index contributed by atoms with van der Waals surface area (Å²) < 4.78 is 12.4. The number of aryl methyl sites for hydroxylation is 1. The molecule has 0 aromatic carbocycles. The molecule has 0 aliphatic rings. The van der Waals surface area contributed by atoms with Gasteiger partial charge in [-0.05, 0) is 48.7 Å². The fourth-order valence-electron chi connectivity index (χ4n) is 1.76. The van der Waals surface area contributed by atoms with Gasteiger partial charge in [-0.2, -0.15) is 0 Å². The van der Waals surface area contributed by atoms with Crippen LogP contribution in [-0.2, 0) is 4.74 Å². The maximum Gasteiger partial charge on any atom is 0.228 e. The molecule has 0 spiro atoms. The van der Waals surface area contributed by atoms with Crippen molar-refractivity contribution in [2.75, 3.05) is 26.8 Å². The van der Waals surface area contributed by atoms with Crippen LogP contribution >= 0.6 is 15.9 Å². The molecule has 0 saturated heterocycles. The standard InChI is InChI=1S/C17H28BrN3O2/c1-6-9-22-11-14(7-2)23-17-15(18)10-16(13(4)20-17)19-12-21(5)8-3/h10,12,14H,6-9,11H2,1-5H3. The topological polar surface area (TPSA) is 47.0 Å². The first kappa shape index (κ1) is 19.9. The van der Waals surface area contributed by atoms with Crippen LogP contribution in [0, 0.1) is 6.92 Å². The van der Waals surface area contributed by atoms with Gasteiger partial charge in [0.1, 0.15) is 6.10 Å². The van der Waals surface area contributed by atoms with Crippen molar-refractivity contribution in [3.05, 3.63) is 16.2 Å². The molecule has 6 heteroatoms. The quantitative estimate of drug-likeness (QED) is 0.341. The number of rotatable bonds is 10. The molecular weight excluding hydrogens is 358 g/mol. The molecule has 5 nitrogen and oxygen atoms in total. The largest absolute Gasteiger partial charge is 0.471 e. The van der Waals surface area contributed by atoms with Crippen molar-refractivity contribution < 1.29 is 9.47 Å². The molecule has 0 radical (unpaired) electrons. The lowest BCUT2D eigenvalue weighted by atomic mass is 10.3. The summed E-state index contributed by atoms with van der Waals surface area (Å²) >= 11 is 3.53. The van der Waals surface area contributed by atoms with Gasteiger partial charge in [-0.25, -0.2) is 9.98 Å². The summed E-state index contributed by atoms with van der Waals surface area (Å²) in [7, 11) is 1.99. The van der Waals surface area contributed by atoms with E-state index in [-0.39, 0.29) is 6.10 Å². The Balaban J connectivity index is 2.80. The molecule has 0 aliphatic heterocycles. The van der Waals surface area contributed by atoms with Crippen LogP contribution in [0.15, 0.2) is 15.5 Å². The number of hydrogen-bond acceptors (Lipinski definition) is 4. The molecule has 1 aromatic heterocycles. The minimum Gasteiger partial charge on any atom is -0.471 e. The molecule has 23 heavy (non-hydrogen) atoms. The van der Waals surface area contributed by atoms with Gasteiger partial charge in [0.15, 0.2) is 0 Å². The predicted octanol–water partition coefficient (Wildman–Crippen LogP) is 4.35. The highest BCUT2D eigenvalue weighted by atomic mass is 79.9. The molecule has 0 amide bonds. The van der Waals surface area contributed by atoms with Gasteiger partial charge in [-0.3, -0.25) is 0 Å². The fourth-order valence-corrected chi connectivity index (χ4v) is 2.16. The van der Waals surface area contributed by atoms with E-state index >= 15 is 0 Å². The summed E-state index contributed by atoms with van der Waals surface area (Å²) in [6, 6.07) is 1.94. The Kier molecular flexibility index (Phi) is 9.17. The molecule has 130 valence electrons. The molecule has 0 saturated carbocycles. The monoisotopic (exact) mass is 385 g/mol. The number of aromatic nitrogens is 1. The van der Waals surface area contributed by atoms with Gasteiger partial charge in [0.05, 0.1) is 28.8 Å². The molecular formula is C17H28BrN3O2. The number of nitrogens with zero attached hydrogens (tertiary/aromatic N) is 3. The van der Waals surface area contributed by atoms with Crippen LogP contribution in [0.1, 0.15) is 39.3 Å². The Morgan fingerprint density at radius 2 is 2.13 bits per heavy atom. The first-order chi connectivity index (χ1) is 11.0. The van der Waals surface area contributed by atoms with E-state index in [2.05, 4.69) is 46.7 Å². The second-order valence-electron chi connectivity index (χ2n) is 5.42. The lowest BCUT2D eigenvalue weighted by Gasteiger charge is -2.18.